The number of rotatable bonds is 6. The Morgan fingerprint density at radius 2 is 1.96 bits per heavy atom. The summed E-state index contributed by atoms with van der Waals surface area (Å²) in [5.74, 6) is 1.89. The van der Waals surface area contributed by atoms with Crippen LogP contribution in [0.15, 0.2) is 42.5 Å². The fraction of sp³-hybridized carbons (Fsp3) is 0.316. The summed E-state index contributed by atoms with van der Waals surface area (Å²) in [6.07, 6.45) is 0.647. The first-order valence-corrected chi connectivity index (χ1v) is 8.47. The molecule has 2 N–H and O–H groups in total. The number of aromatic nitrogens is 4. The summed E-state index contributed by atoms with van der Waals surface area (Å²) in [7, 11) is 1.88. The second-order valence-corrected chi connectivity index (χ2v) is 6.32. The summed E-state index contributed by atoms with van der Waals surface area (Å²) in [5.41, 5.74) is 2.54. The van der Waals surface area contributed by atoms with Crippen LogP contribution in [0.1, 0.15) is 41.9 Å². The molecule has 1 amide bonds. The average Bonchev–Trinajstić information content (AvgIpc) is 3.23. The zero-order chi connectivity index (χ0) is 17.8. The standard InChI is InChI=1S/C19H23N5O/c1-13(2)18-22-17(24(3)23-18)11-12-20-19(25)16-10-9-15(21-16)14-7-5-4-6-8-14/h4-10,13,21H,11-12H2,1-3H3,(H,20,25). The Balaban J connectivity index is 1.57. The zero-order valence-electron chi connectivity index (χ0n) is 14.8. The summed E-state index contributed by atoms with van der Waals surface area (Å²) < 4.78 is 1.78. The highest BCUT2D eigenvalue weighted by Crippen LogP contribution is 2.17. The molecular formula is C19H23N5O. The molecule has 2 heterocycles. The first kappa shape index (κ1) is 17.0. The van der Waals surface area contributed by atoms with Crippen LogP contribution in [0.3, 0.4) is 0 Å². The molecule has 1 aromatic carbocycles. The van der Waals surface area contributed by atoms with Crippen molar-refractivity contribution in [3.63, 3.8) is 0 Å². The van der Waals surface area contributed by atoms with Gasteiger partial charge in [-0.3, -0.25) is 9.48 Å². The van der Waals surface area contributed by atoms with Crippen molar-refractivity contribution in [3.8, 4) is 11.3 Å². The van der Waals surface area contributed by atoms with Gasteiger partial charge in [0, 0.05) is 31.6 Å². The molecule has 0 spiro atoms. The predicted molar refractivity (Wildman–Crippen MR) is 97.4 cm³/mol. The average molecular weight is 337 g/mol. The van der Waals surface area contributed by atoms with Crippen molar-refractivity contribution >= 4 is 5.91 Å². The van der Waals surface area contributed by atoms with Crippen LogP contribution < -0.4 is 5.32 Å². The maximum Gasteiger partial charge on any atom is 0.267 e. The van der Waals surface area contributed by atoms with Crippen molar-refractivity contribution < 1.29 is 4.79 Å². The molecule has 0 atom stereocenters. The van der Waals surface area contributed by atoms with Crippen molar-refractivity contribution in [1.29, 1.82) is 0 Å². The van der Waals surface area contributed by atoms with Crippen LogP contribution in [-0.2, 0) is 13.5 Å². The molecule has 3 rings (SSSR count). The Hall–Kier alpha value is -2.89. The van der Waals surface area contributed by atoms with Gasteiger partial charge in [0.25, 0.3) is 5.91 Å². The van der Waals surface area contributed by atoms with E-state index in [0.717, 1.165) is 22.9 Å². The van der Waals surface area contributed by atoms with Gasteiger partial charge in [-0.1, -0.05) is 44.2 Å². The second kappa shape index (κ2) is 7.34. The first-order chi connectivity index (χ1) is 12.0. The van der Waals surface area contributed by atoms with Gasteiger partial charge in [0.2, 0.25) is 0 Å². The third-order valence-corrected chi connectivity index (χ3v) is 4.04. The third kappa shape index (κ3) is 3.96. The number of hydrogen-bond donors (Lipinski definition) is 2. The van der Waals surface area contributed by atoms with Crippen LogP contribution in [0.25, 0.3) is 11.3 Å². The SMILES string of the molecule is CC(C)c1nc(CCNC(=O)c2ccc(-c3ccccc3)[nH]2)n(C)n1. The van der Waals surface area contributed by atoms with Gasteiger partial charge in [-0.25, -0.2) is 4.98 Å². The highest BCUT2D eigenvalue weighted by atomic mass is 16.1. The van der Waals surface area contributed by atoms with E-state index in [-0.39, 0.29) is 5.91 Å². The van der Waals surface area contributed by atoms with Crippen LogP contribution in [0.2, 0.25) is 0 Å². The Morgan fingerprint density at radius 3 is 2.64 bits per heavy atom. The van der Waals surface area contributed by atoms with E-state index in [2.05, 4.69) is 34.2 Å². The van der Waals surface area contributed by atoms with E-state index >= 15 is 0 Å². The van der Waals surface area contributed by atoms with E-state index in [1.807, 2.05) is 43.4 Å². The van der Waals surface area contributed by atoms with Crippen molar-refractivity contribution in [1.82, 2.24) is 25.1 Å². The fourth-order valence-corrected chi connectivity index (χ4v) is 2.60. The molecule has 25 heavy (non-hydrogen) atoms. The van der Waals surface area contributed by atoms with Gasteiger partial charge < -0.3 is 10.3 Å². The number of nitrogens with zero attached hydrogens (tertiary/aromatic N) is 3. The number of hydrogen-bond acceptors (Lipinski definition) is 3. The van der Waals surface area contributed by atoms with E-state index in [1.165, 1.54) is 0 Å². The van der Waals surface area contributed by atoms with Crippen LogP contribution >= 0.6 is 0 Å². The summed E-state index contributed by atoms with van der Waals surface area (Å²) in [5, 5.41) is 7.32. The number of benzene rings is 1. The van der Waals surface area contributed by atoms with Crippen LogP contribution in [0, 0.1) is 0 Å². The lowest BCUT2D eigenvalue weighted by molar-refractivity contribution is 0.0949. The smallest absolute Gasteiger partial charge is 0.267 e. The van der Waals surface area contributed by atoms with Crippen LogP contribution in [0.4, 0.5) is 0 Å². The van der Waals surface area contributed by atoms with Crippen molar-refractivity contribution in [2.24, 2.45) is 7.05 Å². The number of nitrogens with one attached hydrogen (secondary N) is 2. The topological polar surface area (TPSA) is 75.6 Å². The molecule has 0 bridgehead atoms. The largest absolute Gasteiger partial charge is 0.351 e. The molecule has 3 aromatic rings. The second-order valence-electron chi connectivity index (χ2n) is 6.32. The normalized spacial score (nSPS) is 11.0. The van der Waals surface area contributed by atoms with Gasteiger partial charge in [-0.2, -0.15) is 5.10 Å². The highest BCUT2D eigenvalue weighted by Gasteiger charge is 2.12. The zero-order valence-corrected chi connectivity index (χ0v) is 14.8. The minimum absolute atomic E-state index is 0.117. The number of aromatic amines is 1. The molecule has 0 aliphatic carbocycles. The summed E-state index contributed by atoms with van der Waals surface area (Å²) >= 11 is 0. The predicted octanol–water partition coefficient (Wildman–Crippen LogP) is 2.91. The van der Waals surface area contributed by atoms with E-state index in [9.17, 15) is 4.79 Å². The molecule has 6 nitrogen and oxygen atoms in total. The molecule has 0 saturated heterocycles. The molecular weight excluding hydrogens is 314 g/mol. The quantitative estimate of drug-likeness (QED) is 0.726. The molecule has 0 unspecified atom stereocenters. The molecule has 0 saturated carbocycles. The Kier molecular flexibility index (Phi) is 4.97. The fourth-order valence-electron chi connectivity index (χ4n) is 2.60. The first-order valence-electron chi connectivity index (χ1n) is 8.47. The van der Waals surface area contributed by atoms with Gasteiger partial charge in [-0.05, 0) is 17.7 Å². The highest BCUT2D eigenvalue weighted by molar-refractivity contribution is 5.93. The molecule has 0 radical (unpaired) electrons. The Labute approximate surface area is 147 Å². The van der Waals surface area contributed by atoms with Gasteiger partial charge >= 0.3 is 0 Å². The molecule has 130 valence electrons. The number of carbonyl (C=O) groups excluding carboxylic acids is 1. The van der Waals surface area contributed by atoms with Gasteiger partial charge in [0.15, 0.2) is 5.82 Å². The van der Waals surface area contributed by atoms with Crippen molar-refractivity contribution in [3.05, 3.63) is 59.8 Å². The lowest BCUT2D eigenvalue weighted by atomic mass is 10.2. The van der Waals surface area contributed by atoms with Crippen LogP contribution in [-0.4, -0.2) is 32.2 Å². The third-order valence-electron chi connectivity index (χ3n) is 4.04. The maximum atomic E-state index is 12.3. The summed E-state index contributed by atoms with van der Waals surface area (Å²) in [6, 6.07) is 13.7. The van der Waals surface area contributed by atoms with Gasteiger partial charge in [0.1, 0.15) is 11.5 Å². The molecule has 0 aliphatic rings. The van der Waals surface area contributed by atoms with E-state index < -0.39 is 0 Å². The monoisotopic (exact) mass is 337 g/mol. The van der Waals surface area contributed by atoms with E-state index in [1.54, 1.807) is 10.7 Å². The van der Waals surface area contributed by atoms with Gasteiger partial charge in [0.05, 0.1) is 0 Å². The number of H-pyrrole nitrogens is 1. The number of aryl methyl sites for hydroxylation is 1. The summed E-state index contributed by atoms with van der Waals surface area (Å²) in [6.45, 7) is 4.65. The minimum Gasteiger partial charge on any atom is -0.351 e. The minimum atomic E-state index is -0.117. The number of carbonyl (C=O) groups is 1. The van der Waals surface area contributed by atoms with Crippen LogP contribution in [0.5, 0.6) is 0 Å². The Morgan fingerprint density at radius 1 is 1.20 bits per heavy atom. The number of amides is 1. The molecule has 2 aromatic heterocycles. The molecule has 0 fully saturated rings. The van der Waals surface area contributed by atoms with E-state index in [4.69, 9.17) is 0 Å². The summed E-state index contributed by atoms with van der Waals surface area (Å²) in [4.78, 5) is 20.0. The van der Waals surface area contributed by atoms with Crippen molar-refractivity contribution in [2.75, 3.05) is 6.54 Å². The van der Waals surface area contributed by atoms with E-state index in [0.29, 0.717) is 24.6 Å². The molecule has 6 heteroatoms. The lowest BCUT2D eigenvalue weighted by Crippen LogP contribution is -2.26. The lowest BCUT2D eigenvalue weighted by Gasteiger charge is -2.03. The maximum absolute atomic E-state index is 12.3. The molecule has 0 aliphatic heterocycles. The Bertz CT molecular complexity index is 848. The van der Waals surface area contributed by atoms with Crippen molar-refractivity contribution in [2.45, 2.75) is 26.2 Å². The van der Waals surface area contributed by atoms with Gasteiger partial charge in [-0.15, -0.1) is 0 Å².